The lowest BCUT2D eigenvalue weighted by Crippen LogP contribution is -2.15. The number of carbonyl (C=O) groups excluding carboxylic acids is 1. The molecule has 1 N–H and O–H groups in total. The van der Waals surface area contributed by atoms with Crippen LogP contribution in [0.4, 0.5) is 10.1 Å². The van der Waals surface area contributed by atoms with Crippen molar-refractivity contribution in [2.24, 2.45) is 5.92 Å². The fourth-order valence-corrected chi connectivity index (χ4v) is 2.23. The third-order valence-corrected chi connectivity index (χ3v) is 3.57. The molecule has 0 fully saturated rings. The summed E-state index contributed by atoms with van der Waals surface area (Å²) in [6.45, 7) is 4.20. The van der Waals surface area contributed by atoms with Gasteiger partial charge in [-0.2, -0.15) is 11.8 Å². The summed E-state index contributed by atoms with van der Waals surface area (Å²) in [7, 11) is 0. The fourth-order valence-electron chi connectivity index (χ4n) is 1.16. The Hall–Kier alpha value is -0.740. The van der Waals surface area contributed by atoms with E-state index < -0.39 is 5.82 Å². The van der Waals surface area contributed by atoms with Crippen molar-refractivity contribution < 1.29 is 9.18 Å². The first-order valence-electron chi connectivity index (χ1n) is 5.31. The quantitative estimate of drug-likeness (QED) is 0.885. The molecule has 0 unspecified atom stereocenters. The lowest BCUT2D eigenvalue weighted by Gasteiger charge is -2.08. The molecule has 0 aromatic heterocycles. The number of amides is 1. The molecule has 0 bridgehead atoms. The Kier molecular flexibility index (Phi) is 5.78. The lowest BCUT2D eigenvalue weighted by atomic mass is 10.3. The Morgan fingerprint density at radius 3 is 2.82 bits per heavy atom. The summed E-state index contributed by atoms with van der Waals surface area (Å²) in [5.74, 6) is 1.34. The molecule has 1 aromatic rings. The Labute approximate surface area is 110 Å². The normalized spacial score (nSPS) is 10.6. The van der Waals surface area contributed by atoms with Crippen LogP contribution in [0.25, 0.3) is 0 Å². The molecule has 0 aliphatic rings. The molecule has 5 heteroatoms. The van der Waals surface area contributed by atoms with E-state index in [9.17, 15) is 9.18 Å². The summed E-state index contributed by atoms with van der Waals surface area (Å²) < 4.78 is 12.8. The van der Waals surface area contributed by atoms with E-state index in [1.165, 1.54) is 18.2 Å². The van der Waals surface area contributed by atoms with Gasteiger partial charge >= 0.3 is 0 Å². The zero-order chi connectivity index (χ0) is 12.8. The minimum atomic E-state index is -0.415. The molecule has 17 heavy (non-hydrogen) atoms. The van der Waals surface area contributed by atoms with Crippen molar-refractivity contribution in [1.29, 1.82) is 0 Å². The van der Waals surface area contributed by atoms with E-state index in [4.69, 9.17) is 11.6 Å². The molecule has 0 atom stereocenters. The number of nitrogens with one attached hydrogen (secondary N) is 1. The Morgan fingerprint density at radius 1 is 1.53 bits per heavy atom. The molecular weight excluding hydrogens is 261 g/mol. The number of rotatable bonds is 5. The zero-order valence-corrected chi connectivity index (χ0v) is 11.4. The predicted octanol–water partition coefficient (Wildman–Crippen LogP) is 3.81. The van der Waals surface area contributed by atoms with Crippen molar-refractivity contribution in [2.75, 3.05) is 16.8 Å². The number of benzene rings is 1. The highest BCUT2D eigenvalue weighted by Gasteiger charge is 2.07. The van der Waals surface area contributed by atoms with Crippen LogP contribution in [-0.2, 0) is 4.79 Å². The van der Waals surface area contributed by atoms with E-state index in [0.717, 1.165) is 5.75 Å². The van der Waals surface area contributed by atoms with E-state index in [1.54, 1.807) is 11.8 Å². The van der Waals surface area contributed by atoms with Gasteiger partial charge in [-0.3, -0.25) is 4.79 Å². The number of halogens is 2. The molecule has 0 spiro atoms. The highest BCUT2D eigenvalue weighted by molar-refractivity contribution is 7.99. The van der Waals surface area contributed by atoms with Crippen molar-refractivity contribution in [1.82, 2.24) is 0 Å². The predicted molar refractivity (Wildman–Crippen MR) is 72.2 cm³/mol. The lowest BCUT2D eigenvalue weighted by molar-refractivity contribution is -0.113. The zero-order valence-electron chi connectivity index (χ0n) is 9.80. The molecule has 1 rings (SSSR count). The molecule has 0 aliphatic heterocycles. The molecule has 0 radical (unpaired) electrons. The van der Waals surface area contributed by atoms with E-state index in [0.29, 0.717) is 17.4 Å². The third-order valence-electron chi connectivity index (χ3n) is 1.89. The standard InChI is InChI=1S/C12H15ClFNOS/c1-8(2)6-17-7-12(16)15-11-4-3-9(14)5-10(11)13/h3-5,8H,6-7H2,1-2H3,(H,15,16). The molecular formula is C12H15ClFNOS. The molecule has 2 nitrogen and oxygen atoms in total. The van der Waals surface area contributed by atoms with Gasteiger partial charge in [-0.25, -0.2) is 4.39 Å². The van der Waals surface area contributed by atoms with Crippen LogP contribution in [0.15, 0.2) is 18.2 Å². The summed E-state index contributed by atoms with van der Waals surface area (Å²) in [5.41, 5.74) is 0.447. The summed E-state index contributed by atoms with van der Waals surface area (Å²) in [6, 6.07) is 3.91. The van der Waals surface area contributed by atoms with Gasteiger partial charge in [-0.05, 0) is 29.9 Å². The second-order valence-electron chi connectivity index (χ2n) is 4.08. The van der Waals surface area contributed by atoms with Crippen LogP contribution in [-0.4, -0.2) is 17.4 Å². The maximum atomic E-state index is 12.8. The van der Waals surface area contributed by atoms with Crippen molar-refractivity contribution in [3.05, 3.63) is 29.0 Å². The molecule has 0 heterocycles. The van der Waals surface area contributed by atoms with Gasteiger partial charge in [-0.15, -0.1) is 0 Å². The van der Waals surface area contributed by atoms with Crippen LogP contribution in [0, 0.1) is 11.7 Å². The van der Waals surface area contributed by atoms with E-state index in [2.05, 4.69) is 19.2 Å². The average Bonchev–Trinajstić information content (AvgIpc) is 2.21. The van der Waals surface area contributed by atoms with Crippen LogP contribution in [0.3, 0.4) is 0 Å². The number of thioether (sulfide) groups is 1. The van der Waals surface area contributed by atoms with Crippen molar-refractivity contribution in [2.45, 2.75) is 13.8 Å². The first-order chi connectivity index (χ1) is 7.99. The SMILES string of the molecule is CC(C)CSCC(=O)Nc1ccc(F)cc1Cl. The first-order valence-corrected chi connectivity index (χ1v) is 6.85. The Morgan fingerprint density at radius 2 is 2.24 bits per heavy atom. The number of hydrogen-bond acceptors (Lipinski definition) is 2. The highest BCUT2D eigenvalue weighted by atomic mass is 35.5. The van der Waals surface area contributed by atoms with Gasteiger partial charge in [0.25, 0.3) is 0 Å². The van der Waals surface area contributed by atoms with Gasteiger partial charge in [0, 0.05) is 0 Å². The van der Waals surface area contributed by atoms with Gasteiger partial charge in [0.05, 0.1) is 16.5 Å². The van der Waals surface area contributed by atoms with Gasteiger partial charge in [-0.1, -0.05) is 25.4 Å². The molecule has 0 saturated carbocycles. The monoisotopic (exact) mass is 275 g/mol. The third kappa shape index (κ3) is 5.41. The average molecular weight is 276 g/mol. The maximum absolute atomic E-state index is 12.8. The Balaban J connectivity index is 2.45. The van der Waals surface area contributed by atoms with E-state index >= 15 is 0 Å². The fraction of sp³-hybridized carbons (Fsp3) is 0.417. The molecule has 0 saturated heterocycles. The molecule has 1 amide bonds. The van der Waals surface area contributed by atoms with Gasteiger partial charge in [0.2, 0.25) is 5.91 Å². The minimum absolute atomic E-state index is 0.121. The maximum Gasteiger partial charge on any atom is 0.234 e. The number of hydrogen-bond donors (Lipinski definition) is 1. The van der Waals surface area contributed by atoms with Gasteiger partial charge < -0.3 is 5.32 Å². The molecule has 94 valence electrons. The summed E-state index contributed by atoms with van der Waals surface area (Å²) in [4.78, 5) is 11.5. The summed E-state index contributed by atoms with van der Waals surface area (Å²) >= 11 is 7.37. The number of carbonyl (C=O) groups is 1. The largest absolute Gasteiger partial charge is 0.324 e. The summed E-state index contributed by atoms with van der Waals surface area (Å²) in [5, 5.41) is 2.87. The topological polar surface area (TPSA) is 29.1 Å². The second-order valence-corrected chi connectivity index (χ2v) is 5.52. The Bertz CT molecular complexity index is 398. The van der Waals surface area contributed by atoms with Crippen LogP contribution in [0.1, 0.15) is 13.8 Å². The van der Waals surface area contributed by atoms with Crippen LogP contribution in [0.5, 0.6) is 0 Å². The highest BCUT2D eigenvalue weighted by Crippen LogP contribution is 2.22. The minimum Gasteiger partial charge on any atom is -0.324 e. The van der Waals surface area contributed by atoms with E-state index in [-0.39, 0.29) is 10.9 Å². The summed E-state index contributed by atoms with van der Waals surface area (Å²) in [6.07, 6.45) is 0. The molecule has 1 aromatic carbocycles. The smallest absolute Gasteiger partial charge is 0.234 e. The molecule has 0 aliphatic carbocycles. The van der Waals surface area contributed by atoms with Gasteiger partial charge in [0.1, 0.15) is 5.82 Å². The first kappa shape index (κ1) is 14.3. The van der Waals surface area contributed by atoms with E-state index in [1.807, 2.05) is 0 Å². The van der Waals surface area contributed by atoms with Gasteiger partial charge in [0.15, 0.2) is 0 Å². The number of anilines is 1. The second kappa shape index (κ2) is 6.87. The van der Waals surface area contributed by atoms with Crippen molar-refractivity contribution >= 4 is 35.0 Å². The van der Waals surface area contributed by atoms with Crippen molar-refractivity contribution in [3.63, 3.8) is 0 Å². The van der Waals surface area contributed by atoms with Crippen molar-refractivity contribution in [3.8, 4) is 0 Å². The van der Waals surface area contributed by atoms with Crippen LogP contribution < -0.4 is 5.32 Å². The van der Waals surface area contributed by atoms with Crippen LogP contribution >= 0.6 is 23.4 Å². The van der Waals surface area contributed by atoms with Crippen LogP contribution in [0.2, 0.25) is 5.02 Å².